The van der Waals surface area contributed by atoms with Crippen LogP contribution < -0.4 is 10.6 Å². The lowest BCUT2D eigenvalue weighted by Crippen LogP contribution is -2.48. The van der Waals surface area contributed by atoms with E-state index in [0.29, 0.717) is 0 Å². The van der Waals surface area contributed by atoms with Gasteiger partial charge in [-0.05, 0) is 61.7 Å². The molecule has 2 aliphatic heterocycles. The SMILES string of the molecule is CC(C(=O)N1CCCC1c1cccs1)N1CCCc2c(N)cccc21. The maximum Gasteiger partial charge on any atom is 0.245 e. The number of benzene rings is 1. The summed E-state index contributed by atoms with van der Waals surface area (Å²) in [6.45, 7) is 3.83. The van der Waals surface area contributed by atoms with Crippen molar-refractivity contribution >= 4 is 28.6 Å². The molecule has 4 rings (SSSR count). The molecule has 132 valence electrons. The van der Waals surface area contributed by atoms with Crippen LogP contribution in [0.4, 0.5) is 11.4 Å². The smallest absolute Gasteiger partial charge is 0.245 e. The van der Waals surface area contributed by atoms with Gasteiger partial charge in [0.25, 0.3) is 0 Å². The predicted molar refractivity (Wildman–Crippen MR) is 104 cm³/mol. The number of carbonyl (C=O) groups is 1. The van der Waals surface area contributed by atoms with Crippen molar-refractivity contribution in [1.82, 2.24) is 4.90 Å². The summed E-state index contributed by atoms with van der Waals surface area (Å²) in [6.07, 6.45) is 4.21. The number of thiophene rings is 1. The van der Waals surface area contributed by atoms with E-state index in [1.54, 1.807) is 11.3 Å². The van der Waals surface area contributed by atoms with E-state index in [0.717, 1.165) is 50.1 Å². The molecule has 1 saturated heterocycles. The Labute approximate surface area is 153 Å². The molecule has 2 aromatic rings. The monoisotopic (exact) mass is 355 g/mol. The maximum absolute atomic E-state index is 13.3. The van der Waals surface area contributed by atoms with E-state index in [4.69, 9.17) is 5.73 Å². The van der Waals surface area contributed by atoms with E-state index in [1.807, 2.05) is 19.1 Å². The molecular weight excluding hydrogens is 330 g/mol. The predicted octanol–water partition coefficient (Wildman–Crippen LogP) is 3.84. The average Bonchev–Trinajstić information content (AvgIpc) is 3.31. The third-order valence-corrected chi connectivity index (χ3v) is 6.53. The number of nitrogen functional groups attached to an aromatic ring is 1. The van der Waals surface area contributed by atoms with E-state index in [1.165, 1.54) is 10.4 Å². The van der Waals surface area contributed by atoms with Crippen molar-refractivity contribution in [3.63, 3.8) is 0 Å². The molecule has 2 unspecified atom stereocenters. The summed E-state index contributed by atoms with van der Waals surface area (Å²) in [4.78, 5) is 19.0. The van der Waals surface area contributed by atoms with E-state index in [9.17, 15) is 4.79 Å². The Morgan fingerprint density at radius 2 is 2.12 bits per heavy atom. The first-order valence-corrected chi connectivity index (χ1v) is 10.0. The van der Waals surface area contributed by atoms with E-state index in [2.05, 4.69) is 33.4 Å². The van der Waals surface area contributed by atoms with Crippen molar-refractivity contribution in [3.8, 4) is 0 Å². The van der Waals surface area contributed by atoms with Crippen LogP contribution in [0, 0.1) is 0 Å². The summed E-state index contributed by atoms with van der Waals surface area (Å²) in [7, 11) is 0. The van der Waals surface area contributed by atoms with Crippen molar-refractivity contribution in [3.05, 3.63) is 46.2 Å². The highest BCUT2D eigenvalue weighted by molar-refractivity contribution is 7.10. The molecule has 0 aliphatic carbocycles. The van der Waals surface area contributed by atoms with Gasteiger partial charge in [0, 0.05) is 29.3 Å². The lowest BCUT2D eigenvalue weighted by Gasteiger charge is -2.38. The number of hydrogen-bond acceptors (Lipinski definition) is 4. The molecule has 2 atom stereocenters. The highest BCUT2D eigenvalue weighted by Crippen LogP contribution is 2.37. The lowest BCUT2D eigenvalue weighted by molar-refractivity contribution is -0.133. The van der Waals surface area contributed by atoms with E-state index < -0.39 is 0 Å². The number of rotatable bonds is 3. The first-order valence-electron chi connectivity index (χ1n) is 9.14. The number of nitrogens with zero attached hydrogens (tertiary/aromatic N) is 2. The fourth-order valence-electron chi connectivity index (χ4n) is 4.26. The second kappa shape index (κ2) is 6.71. The molecule has 0 bridgehead atoms. The summed E-state index contributed by atoms with van der Waals surface area (Å²) in [5, 5.41) is 2.10. The van der Waals surface area contributed by atoms with Crippen LogP contribution in [0.1, 0.15) is 42.7 Å². The van der Waals surface area contributed by atoms with Crippen LogP contribution in [0.2, 0.25) is 0 Å². The first-order chi connectivity index (χ1) is 12.2. The third-order valence-electron chi connectivity index (χ3n) is 5.56. The van der Waals surface area contributed by atoms with Gasteiger partial charge in [-0.3, -0.25) is 4.79 Å². The molecule has 1 aromatic carbocycles. The molecule has 25 heavy (non-hydrogen) atoms. The summed E-state index contributed by atoms with van der Waals surface area (Å²) in [5.74, 6) is 0.242. The van der Waals surface area contributed by atoms with Gasteiger partial charge in [-0.2, -0.15) is 0 Å². The number of fused-ring (bicyclic) bond motifs is 1. The Morgan fingerprint density at radius 3 is 2.92 bits per heavy atom. The van der Waals surface area contributed by atoms with Crippen molar-refractivity contribution in [2.45, 2.75) is 44.7 Å². The standard InChI is InChI=1S/C20H25N3OS/c1-14(22-11-3-6-15-16(21)7-2-8-17(15)22)20(24)23-12-4-9-18(23)19-10-5-13-25-19/h2,5,7-8,10,13-14,18H,3-4,6,9,11-12,21H2,1H3. The first kappa shape index (κ1) is 16.5. The minimum absolute atomic E-state index is 0.151. The van der Waals surface area contributed by atoms with Gasteiger partial charge >= 0.3 is 0 Å². The Kier molecular flexibility index (Phi) is 4.42. The second-order valence-corrected chi connectivity index (χ2v) is 8.00. The molecule has 5 heteroatoms. The topological polar surface area (TPSA) is 49.6 Å². The second-order valence-electron chi connectivity index (χ2n) is 7.02. The van der Waals surface area contributed by atoms with Gasteiger partial charge in [-0.1, -0.05) is 12.1 Å². The highest BCUT2D eigenvalue weighted by Gasteiger charge is 2.36. The average molecular weight is 356 g/mol. The number of nitrogens with two attached hydrogens (primary N) is 1. The molecule has 4 nitrogen and oxygen atoms in total. The molecule has 1 fully saturated rings. The number of anilines is 2. The number of carbonyl (C=O) groups excluding carboxylic acids is 1. The summed E-state index contributed by atoms with van der Waals surface area (Å²) in [6, 6.07) is 10.4. The molecule has 0 radical (unpaired) electrons. The Morgan fingerprint density at radius 1 is 1.24 bits per heavy atom. The van der Waals surface area contributed by atoms with Crippen LogP contribution in [-0.4, -0.2) is 29.9 Å². The van der Waals surface area contributed by atoms with Gasteiger partial charge in [0.05, 0.1) is 6.04 Å². The van der Waals surface area contributed by atoms with Gasteiger partial charge in [0.15, 0.2) is 0 Å². The van der Waals surface area contributed by atoms with Gasteiger partial charge in [-0.25, -0.2) is 0 Å². The molecule has 2 aliphatic rings. The van der Waals surface area contributed by atoms with Crippen molar-refractivity contribution in [2.24, 2.45) is 0 Å². The van der Waals surface area contributed by atoms with Gasteiger partial charge < -0.3 is 15.5 Å². The molecule has 2 N–H and O–H groups in total. The number of amides is 1. The Hall–Kier alpha value is -2.01. The van der Waals surface area contributed by atoms with Crippen LogP contribution in [0.3, 0.4) is 0 Å². The largest absolute Gasteiger partial charge is 0.398 e. The minimum atomic E-state index is -0.151. The third kappa shape index (κ3) is 2.91. The summed E-state index contributed by atoms with van der Waals surface area (Å²) >= 11 is 1.76. The maximum atomic E-state index is 13.3. The van der Waals surface area contributed by atoms with Crippen molar-refractivity contribution in [1.29, 1.82) is 0 Å². The van der Waals surface area contributed by atoms with Crippen molar-refractivity contribution < 1.29 is 4.79 Å². The van der Waals surface area contributed by atoms with E-state index >= 15 is 0 Å². The minimum Gasteiger partial charge on any atom is -0.398 e. The zero-order chi connectivity index (χ0) is 17.4. The molecular formula is C20H25N3OS. The number of hydrogen-bond donors (Lipinski definition) is 1. The fraction of sp³-hybridized carbons (Fsp3) is 0.450. The summed E-state index contributed by atoms with van der Waals surface area (Å²) in [5.41, 5.74) is 9.35. The zero-order valence-electron chi connectivity index (χ0n) is 14.6. The van der Waals surface area contributed by atoms with E-state index in [-0.39, 0.29) is 18.0 Å². The molecule has 0 spiro atoms. The summed E-state index contributed by atoms with van der Waals surface area (Å²) < 4.78 is 0. The Balaban J connectivity index is 1.58. The quantitative estimate of drug-likeness (QED) is 0.851. The number of likely N-dealkylation sites (tertiary alicyclic amines) is 1. The zero-order valence-corrected chi connectivity index (χ0v) is 15.5. The molecule has 1 aromatic heterocycles. The fourth-order valence-corrected chi connectivity index (χ4v) is 5.14. The normalized spacial score (nSPS) is 21.2. The van der Waals surface area contributed by atoms with Crippen LogP contribution in [0.15, 0.2) is 35.7 Å². The highest BCUT2D eigenvalue weighted by atomic mass is 32.1. The van der Waals surface area contributed by atoms with Crippen LogP contribution in [-0.2, 0) is 11.2 Å². The van der Waals surface area contributed by atoms with Crippen molar-refractivity contribution in [2.75, 3.05) is 23.7 Å². The molecule has 3 heterocycles. The van der Waals surface area contributed by atoms with Crippen LogP contribution in [0.25, 0.3) is 0 Å². The van der Waals surface area contributed by atoms with Gasteiger partial charge in [0.2, 0.25) is 5.91 Å². The molecule has 0 saturated carbocycles. The van der Waals surface area contributed by atoms with Gasteiger partial charge in [-0.15, -0.1) is 11.3 Å². The van der Waals surface area contributed by atoms with Crippen LogP contribution in [0.5, 0.6) is 0 Å². The van der Waals surface area contributed by atoms with Crippen LogP contribution >= 0.6 is 11.3 Å². The Bertz CT molecular complexity index is 758. The lowest BCUT2D eigenvalue weighted by atomic mass is 9.98. The van der Waals surface area contributed by atoms with Gasteiger partial charge in [0.1, 0.15) is 6.04 Å². The molecule has 1 amide bonds.